The van der Waals surface area contributed by atoms with Crippen molar-refractivity contribution in [2.45, 2.75) is 0 Å². The zero-order valence-corrected chi connectivity index (χ0v) is 15.7. The van der Waals surface area contributed by atoms with Gasteiger partial charge in [-0.2, -0.15) is 0 Å². The minimum atomic E-state index is -0.940. The summed E-state index contributed by atoms with van der Waals surface area (Å²) >= 11 is 5.22. The molecular formula is B25S. The van der Waals surface area contributed by atoms with Gasteiger partial charge in [-0.3, -0.25) is 0 Å². The van der Waals surface area contributed by atoms with Crippen LogP contribution >= 0.6 is 12.1 Å². The molecular weight excluding hydrogens is 302 g/mol. The average molecular weight is 302 g/mol. The van der Waals surface area contributed by atoms with Crippen LogP contribution in [0.3, 0.4) is 0 Å². The quantitative estimate of drug-likeness (QED) is 0.323. The summed E-state index contributed by atoms with van der Waals surface area (Å²) in [6.07, 6.45) is -8.61. The van der Waals surface area contributed by atoms with Gasteiger partial charge in [-0.1, -0.05) is 0 Å². The van der Waals surface area contributed by atoms with Crippen molar-refractivity contribution >= 4 is 188 Å². The summed E-state index contributed by atoms with van der Waals surface area (Å²) in [5.74, 6) is 0. The van der Waals surface area contributed by atoms with Gasteiger partial charge in [0.05, 0.1) is 0 Å². The Morgan fingerprint density at radius 2 is 0.808 bits per heavy atom. The molecule has 0 nitrogen and oxygen atoms in total. The Hall–Kier alpha value is 1.84. The molecule has 0 rings (SSSR count). The van der Waals surface area contributed by atoms with Crippen molar-refractivity contribution < 1.29 is 0 Å². The molecule has 0 atom stereocenters. The molecule has 25 radical (unpaired) electrons. The van der Waals surface area contributed by atoms with Crippen molar-refractivity contribution in [3.8, 4) is 0 Å². The van der Waals surface area contributed by atoms with E-state index in [1.54, 1.807) is 0 Å². The van der Waals surface area contributed by atoms with Crippen molar-refractivity contribution in [3.05, 3.63) is 0 Å². The fourth-order valence-corrected chi connectivity index (χ4v) is 4.01. The Morgan fingerprint density at radius 1 is 0.500 bits per heavy atom. The SMILES string of the molecule is [B][B]B([B])B(B([B])[B])B(B=S)B(B(B([B])[B])B([B])[B])B(B([B])[B])B([B])[B]. The third-order valence-electron chi connectivity index (χ3n) is 4.82. The Labute approximate surface area is 187 Å². The molecule has 0 aliphatic rings. The summed E-state index contributed by atoms with van der Waals surface area (Å²) in [7, 11) is 72.3. The first-order valence-corrected chi connectivity index (χ1v) is 8.71. The first-order chi connectivity index (χ1) is 11.9. The number of rotatable bonds is 12. The zero-order chi connectivity index (χ0) is 20.8. The predicted octanol–water partition coefficient (Wildman–Crippen LogP) is -8.87. The van der Waals surface area contributed by atoms with E-state index in [4.69, 9.17) is 105 Å². The van der Waals surface area contributed by atoms with Gasteiger partial charge in [-0.05, 0) is 0 Å². The Balaban J connectivity index is 6.42. The minimum absolute atomic E-state index is 0.594. The molecule has 0 N–H and O–H groups in total. The van der Waals surface area contributed by atoms with E-state index in [0.29, 0.717) is 0 Å². The molecule has 0 aromatic rings. The van der Waals surface area contributed by atoms with E-state index in [1.807, 2.05) is 0 Å². The van der Waals surface area contributed by atoms with Crippen molar-refractivity contribution in [3.63, 3.8) is 0 Å². The monoisotopic (exact) mass is 307 g/mol. The third-order valence-corrected chi connectivity index (χ3v) is 5.14. The van der Waals surface area contributed by atoms with Crippen LogP contribution in [0.5, 0.6) is 0 Å². The molecule has 0 fully saturated rings. The van der Waals surface area contributed by atoms with Crippen molar-refractivity contribution in [2.24, 2.45) is 0 Å². The maximum absolute atomic E-state index is 6.08. The molecule has 0 amide bonds. The molecule has 0 bridgehead atoms. The third kappa shape index (κ3) is 7.59. The van der Waals surface area contributed by atoms with Crippen LogP contribution in [0.2, 0.25) is 0 Å². The molecule has 26 heavy (non-hydrogen) atoms. The molecule has 0 spiro atoms. The molecule has 0 aliphatic carbocycles. The van der Waals surface area contributed by atoms with Crippen LogP contribution in [-0.4, -0.2) is 176 Å². The van der Waals surface area contributed by atoms with E-state index < -0.39 is 70.2 Å². The predicted molar refractivity (Wildman–Crippen MR) is 151 cm³/mol. The summed E-state index contributed by atoms with van der Waals surface area (Å²) in [6.45, 7) is 0. The van der Waals surface area contributed by atoms with Crippen LogP contribution in [0, 0.1) is 0 Å². The second-order valence-corrected chi connectivity index (χ2v) is 6.95. The second-order valence-electron chi connectivity index (χ2n) is 6.68. The normalized spacial score (nSPS) is 9.08. The first kappa shape index (κ1) is 27.8. The van der Waals surface area contributed by atoms with E-state index in [-0.39, 0.29) is 0 Å². The standard InChI is InChI=1S/B25S/c1-13-20(12)24(19(10)11)21(14-26)25(22(15(2)3)16(4)5)23(17(6)7)18(8)9. The van der Waals surface area contributed by atoms with Crippen LogP contribution in [0.4, 0.5) is 0 Å². The van der Waals surface area contributed by atoms with Crippen LogP contribution in [-0.2, 0) is 0 Å². The van der Waals surface area contributed by atoms with Crippen LogP contribution in [0.25, 0.3) is 0 Å². The summed E-state index contributed by atoms with van der Waals surface area (Å²) in [4.78, 5) is 0. The number of hydrogen-bond acceptors (Lipinski definition) is 1. The Morgan fingerprint density at radius 3 is 1.00 bits per heavy atom. The summed E-state index contributed by atoms with van der Waals surface area (Å²) in [5, 5.41) is 0. The van der Waals surface area contributed by atoms with Gasteiger partial charge < -0.3 is 0 Å². The molecule has 81 valence electrons. The maximum atomic E-state index is 6.08. The van der Waals surface area contributed by atoms with Crippen LogP contribution in [0.15, 0.2) is 0 Å². The summed E-state index contributed by atoms with van der Waals surface area (Å²) in [6, 6.07) is 1.43. The van der Waals surface area contributed by atoms with Crippen molar-refractivity contribution in [1.82, 2.24) is 0 Å². The van der Waals surface area contributed by atoms with Gasteiger partial charge in [0.15, 0.2) is 0 Å². The average Bonchev–Trinajstić information content (AvgIpc) is 2.49. The number of hydrogen-bond donors (Lipinski definition) is 0. The zero-order valence-electron chi connectivity index (χ0n) is 14.8. The van der Waals surface area contributed by atoms with E-state index in [0.717, 1.165) is 0 Å². The topological polar surface area (TPSA) is 0 Å². The molecule has 26 heteroatoms. The Bertz CT molecular complexity index is 344. The van der Waals surface area contributed by atoms with Gasteiger partial charge in [0.1, 0.15) is 0 Å². The molecule has 0 aromatic heterocycles. The second kappa shape index (κ2) is 13.2. The van der Waals surface area contributed by atoms with Crippen LogP contribution in [0.1, 0.15) is 0 Å². The molecule has 0 aromatic carbocycles. The van der Waals surface area contributed by atoms with E-state index in [9.17, 15) is 0 Å². The van der Waals surface area contributed by atoms with Gasteiger partial charge in [0.2, 0.25) is 0 Å². The van der Waals surface area contributed by atoms with E-state index in [1.165, 1.54) is 13.1 Å². The van der Waals surface area contributed by atoms with Gasteiger partial charge in [0.25, 0.3) is 0 Å². The molecule has 0 unspecified atom stereocenters. The van der Waals surface area contributed by atoms with Gasteiger partial charge >= 0.3 is 188 Å². The molecule has 0 saturated carbocycles. The summed E-state index contributed by atoms with van der Waals surface area (Å²) < 4.78 is 0. The van der Waals surface area contributed by atoms with Crippen molar-refractivity contribution in [2.75, 3.05) is 0 Å². The summed E-state index contributed by atoms with van der Waals surface area (Å²) in [5.41, 5.74) is 0. The fraction of sp³-hybridized carbons (Fsp3) is 0. The molecule has 0 aliphatic heterocycles. The molecule has 0 saturated heterocycles. The Kier molecular flexibility index (Phi) is 14.1. The van der Waals surface area contributed by atoms with Gasteiger partial charge in [0, 0.05) is 0 Å². The first-order valence-electron chi connectivity index (χ1n) is 8.24. The fourth-order valence-electron chi connectivity index (χ4n) is 3.65. The van der Waals surface area contributed by atoms with Gasteiger partial charge in [-0.15, -0.1) is 0 Å². The van der Waals surface area contributed by atoms with E-state index in [2.05, 4.69) is 0 Å². The van der Waals surface area contributed by atoms with E-state index >= 15 is 0 Å². The van der Waals surface area contributed by atoms with Crippen LogP contribution < -0.4 is 0 Å². The van der Waals surface area contributed by atoms with Gasteiger partial charge in [-0.25, -0.2) is 0 Å². The molecule has 0 heterocycles. The van der Waals surface area contributed by atoms with Crippen molar-refractivity contribution in [1.29, 1.82) is 0 Å².